The van der Waals surface area contributed by atoms with Gasteiger partial charge in [0, 0.05) is 49.9 Å². The van der Waals surface area contributed by atoms with Gasteiger partial charge in [-0.05, 0) is 68.8 Å². The highest BCUT2D eigenvalue weighted by atomic mass is 16.5. The maximum Gasteiger partial charge on any atom is 0.113 e. The molecule has 0 amide bonds. The molecule has 1 unspecified atom stereocenters. The molecule has 1 aromatic rings. The smallest absolute Gasteiger partial charge is 0.113 e. The van der Waals surface area contributed by atoms with Gasteiger partial charge in [0.15, 0.2) is 0 Å². The summed E-state index contributed by atoms with van der Waals surface area (Å²) in [5.74, 6) is 1.35. The lowest BCUT2D eigenvalue weighted by atomic mass is 9.76. The van der Waals surface area contributed by atoms with Crippen LogP contribution >= 0.6 is 0 Å². The van der Waals surface area contributed by atoms with Crippen LogP contribution in [0.15, 0.2) is 18.2 Å². The van der Waals surface area contributed by atoms with E-state index in [9.17, 15) is 0 Å². The fourth-order valence-corrected chi connectivity index (χ4v) is 7.44. The van der Waals surface area contributed by atoms with Crippen molar-refractivity contribution in [3.8, 4) is 0 Å². The number of ether oxygens (including phenoxy) is 2. The van der Waals surface area contributed by atoms with Crippen molar-refractivity contribution in [1.82, 2.24) is 9.80 Å². The van der Waals surface area contributed by atoms with Gasteiger partial charge in [-0.3, -0.25) is 9.80 Å². The summed E-state index contributed by atoms with van der Waals surface area (Å²) in [7, 11) is 2.37. The Morgan fingerprint density at radius 2 is 1.81 bits per heavy atom. The summed E-state index contributed by atoms with van der Waals surface area (Å²) in [6.07, 6.45) is 9.99. The van der Waals surface area contributed by atoms with E-state index in [-0.39, 0.29) is 0 Å². The average molecular weight is 440 g/mol. The van der Waals surface area contributed by atoms with Crippen LogP contribution < -0.4 is 4.90 Å². The van der Waals surface area contributed by atoms with Crippen LogP contribution in [0.25, 0.3) is 0 Å². The van der Waals surface area contributed by atoms with E-state index in [0.717, 1.165) is 32.2 Å². The van der Waals surface area contributed by atoms with E-state index in [1.165, 1.54) is 63.7 Å². The first-order valence-corrected chi connectivity index (χ1v) is 13.3. The molecule has 1 aromatic carbocycles. The van der Waals surface area contributed by atoms with Gasteiger partial charge in [0.05, 0.1) is 19.3 Å². The summed E-state index contributed by atoms with van der Waals surface area (Å²) in [6.45, 7) is 8.45. The number of benzene rings is 1. The van der Waals surface area contributed by atoms with Gasteiger partial charge in [0.25, 0.3) is 0 Å². The number of morpholine rings is 1. The molecule has 4 heterocycles. The fraction of sp³-hybridized carbons (Fsp3) is 0.778. The van der Waals surface area contributed by atoms with Crippen LogP contribution in [-0.2, 0) is 15.9 Å². The zero-order valence-corrected chi connectivity index (χ0v) is 20.0. The third kappa shape index (κ3) is 3.79. The Bertz CT molecular complexity index is 804. The van der Waals surface area contributed by atoms with Crippen LogP contribution in [0.1, 0.15) is 62.6 Å². The summed E-state index contributed by atoms with van der Waals surface area (Å²) in [6, 6.07) is 8.49. The molecule has 5 atom stereocenters. The first-order chi connectivity index (χ1) is 15.7. The summed E-state index contributed by atoms with van der Waals surface area (Å²) < 4.78 is 12.3. The zero-order chi connectivity index (χ0) is 21.7. The largest absolute Gasteiger partial charge is 0.378 e. The van der Waals surface area contributed by atoms with Gasteiger partial charge in [-0.25, -0.2) is 0 Å². The second-order valence-corrected chi connectivity index (χ2v) is 11.0. The quantitative estimate of drug-likeness (QED) is 0.693. The van der Waals surface area contributed by atoms with E-state index in [1.807, 2.05) is 0 Å². The highest BCUT2D eigenvalue weighted by Crippen LogP contribution is 2.46. The molecule has 3 saturated heterocycles. The van der Waals surface area contributed by atoms with Gasteiger partial charge in [0.1, 0.15) is 6.23 Å². The molecule has 0 spiro atoms. The predicted octanol–water partition coefficient (Wildman–Crippen LogP) is 4.07. The first kappa shape index (κ1) is 21.4. The van der Waals surface area contributed by atoms with Gasteiger partial charge in [-0.2, -0.15) is 0 Å². The van der Waals surface area contributed by atoms with Gasteiger partial charge >= 0.3 is 0 Å². The fourth-order valence-electron chi connectivity index (χ4n) is 7.44. The molecule has 176 valence electrons. The standard InChI is InChI=1S/C27H41N3O2/c1-19-24-18-30-11-10-20-8-9-22(29-12-14-31-15-13-29)16-23(20)26(30)17-25(24)28(2)27(32-19)21-6-4-3-5-7-21/h8-9,16,19,21,24-27H,3-7,10-15,17-18H2,1-2H3/t19-,24-,25-,26-,27?/m0/s1. The summed E-state index contributed by atoms with van der Waals surface area (Å²) in [5, 5.41) is 0. The summed E-state index contributed by atoms with van der Waals surface area (Å²) >= 11 is 0. The van der Waals surface area contributed by atoms with Gasteiger partial charge in [-0.15, -0.1) is 0 Å². The second kappa shape index (κ2) is 8.90. The average Bonchev–Trinajstić information content (AvgIpc) is 2.86. The van der Waals surface area contributed by atoms with Crippen molar-refractivity contribution in [2.45, 2.75) is 76.3 Å². The van der Waals surface area contributed by atoms with Crippen molar-refractivity contribution in [2.75, 3.05) is 51.3 Å². The molecule has 5 heteroatoms. The maximum atomic E-state index is 6.74. The molecule has 0 N–H and O–H groups in total. The maximum absolute atomic E-state index is 6.74. The van der Waals surface area contributed by atoms with E-state index in [0.29, 0.717) is 30.3 Å². The number of anilines is 1. The van der Waals surface area contributed by atoms with Crippen molar-refractivity contribution in [3.63, 3.8) is 0 Å². The molecular weight excluding hydrogens is 398 g/mol. The monoisotopic (exact) mass is 439 g/mol. The Morgan fingerprint density at radius 3 is 2.62 bits per heavy atom. The minimum atomic E-state index is 0.320. The molecule has 6 rings (SSSR count). The van der Waals surface area contributed by atoms with Crippen LogP contribution in [0.5, 0.6) is 0 Å². The topological polar surface area (TPSA) is 28.2 Å². The van der Waals surface area contributed by atoms with E-state index in [4.69, 9.17) is 9.47 Å². The molecule has 1 aliphatic carbocycles. The van der Waals surface area contributed by atoms with Crippen molar-refractivity contribution >= 4 is 5.69 Å². The number of hydrogen-bond donors (Lipinski definition) is 0. The minimum absolute atomic E-state index is 0.320. The molecule has 4 aliphatic heterocycles. The third-order valence-electron chi connectivity index (χ3n) is 9.31. The summed E-state index contributed by atoms with van der Waals surface area (Å²) in [5.41, 5.74) is 4.57. The summed E-state index contributed by atoms with van der Waals surface area (Å²) in [4.78, 5) is 7.95. The SMILES string of the molecule is C[C@@H]1OC(C2CCCCC2)N(C)[C@H]2C[C@H]3c4cc(N5CCOCC5)ccc4CCN3C[C@@H]12. The highest BCUT2D eigenvalue weighted by molar-refractivity contribution is 5.53. The lowest BCUT2D eigenvalue weighted by Crippen LogP contribution is -2.63. The van der Waals surface area contributed by atoms with E-state index < -0.39 is 0 Å². The minimum Gasteiger partial charge on any atom is -0.378 e. The Labute approximate surface area is 194 Å². The number of nitrogens with zero attached hydrogens (tertiary/aromatic N) is 3. The van der Waals surface area contributed by atoms with Gasteiger partial charge in [-0.1, -0.05) is 25.3 Å². The Morgan fingerprint density at radius 1 is 1.00 bits per heavy atom. The Hall–Kier alpha value is -1.14. The van der Waals surface area contributed by atoms with Crippen molar-refractivity contribution in [2.24, 2.45) is 11.8 Å². The number of piperidine rings is 1. The molecule has 1 saturated carbocycles. The van der Waals surface area contributed by atoms with Crippen molar-refractivity contribution in [3.05, 3.63) is 29.3 Å². The number of hydrogen-bond acceptors (Lipinski definition) is 5. The van der Waals surface area contributed by atoms with Crippen molar-refractivity contribution < 1.29 is 9.47 Å². The molecule has 0 aromatic heterocycles. The lowest BCUT2D eigenvalue weighted by molar-refractivity contribution is -0.220. The second-order valence-electron chi connectivity index (χ2n) is 11.0. The van der Waals surface area contributed by atoms with Crippen molar-refractivity contribution in [1.29, 1.82) is 0 Å². The molecule has 32 heavy (non-hydrogen) atoms. The molecule has 5 nitrogen and oxygen atoms in total. The molecule has 5 aliphatic rings. The predicted molar refractivity (Wildman–Crippen MR) is 128 cm³/mol. The van der Waals surface area contributed by atoms with Crippen LogP contribution in [0.2, 0.25) is 0 Å². The Kier molecular flexibility index (Phi) is 5.95. The molecular formula is C27H41N3O2. The number of fused-ring (bicyclic) bond motifs is 4. The van der Waals surface area contributed by atoms with Crippen LogP contribution in [-0.4, -0.2) is 74.6 Å². The molecule has 4 fully saturated rings. The normalized spacial score (nSPS) is 36.9. The molecule has 0 radical (unpaired) electrons. The number of rotatable bonds is 2. The lowest BCUT2D eigenvalue weighted by Gasteiger charge is -2.57. The highest BCUT2D eigenvalue weighted by Gasteiger charge is 2.49. The van der Waals surface area contributed by atoms with E-state index >= 15 is 0 Å². The zero-order valence-electron chi connectivity index (χ0n) is 20.0. The van der Waals surface area contributed by atoms with Crippen LogP contribution in [0.3, 0.4) is 0 Å². The molecule has 0 bridgehead atoms. The van der Waals surface area contributed by atoms with Gasteiger partial charge in [0.2, 0.25) is 0 Å². The Balaban J connectivity index is 1.26. The van der Waals surface area contributed by atoms with E-state index in [2.05, 4.69) is 46.9 Å². The first-order valence-electron chi connectivity index (χ1n) is 13.3. The van der Waals surface area contributed by atoms with Crippen LogP contribution in [0, 0.1) is 11.8 Å². The van der Waals surface area contributed by atoms with E-state index in [1.54, 1.807) is 11.1 Å². The third-order valence-corrected chi connectivity index (χ3v) is 9.31. The van der Waals surface area contributed by atoms with Crippen LogP contribution in [0.4, 0.5) is 5.69 Å². The van der Waals surface area contributed by atoms with Gasteiger partial charge < -0.3 is 14.4 Å².